The number of benzene rings is 2. The first-order valence-electron chi connectivity index (χ1n) is 14.4. The molecule has 0 aliphatic heterocycles. The number of nitrogens with two attached hydrogens (primary N) is 2. The zero-order valence-corrected chi connectivity index (χ0v) is 25.2. The van der Waals surface area contributed by atoms with Gasteiger partial charge < -0.3 is 37.5 Å². The van der Waals surface area contributed by atoms with E-state index in [2.05, 4.69) is 20.9 Å². The number of hydrogen-bond acceptors (Lipinski definition) is 7. The van der Waals surface area contributed by atoms with Crippen molar-refractivity contribution in [2.45, 2.75) is 62.7 Å². The second-order valence-electron chi connectivity index (χ2n) is 10.4. The maximum Gasteiger partial charge on any atom is 0.326 e. The van der Waals surface area contributed by atoms with Crippen molar-refractivity contribution in [3.8, 4) is 0 Å². The van der Waals surface area contributed by atoms with Crippen molar-refractivity contribution in [1.82, 2.24) is 20.9 Å². The molecular weight excluding hydrogens is 568 g/mol. The molecule has 1 heterocycles. The van der Waals surface area contributed by atoms with E-state index in [1.165, 1.54) is 11.8 Å². The summed E-state index contributed by atoms with van der Waals surface area (Å²) in [6.45, 7) is 0.493. The molecule has 0 spiro atoms. The molecule has 232 valence electrons. The summed E-state index contributed by atoms with van der Waals surface area (Å²) in [5.74, 6) is -2.31. The lowest BCUT2D eigenvalue weighted by Crippen LogP contribution is -2.58. The van der Waals surface area contributed by atoms with Gasteiger partial charge in [0.05, 0.1) is 6.04 Å². The monoisotopic (exact) mass is 610 g/mol. The molecule has 0 saturated carbocycles. The number of hydrogen-bond donors (Lipinski definition) is 7. The summed E-state index contributed by atoms with van der Waals surface area (Å²) in [5.41, 5.74) is 14.1. The van der Waals surface area contributed by atoms with Crippen LogP contribution in [0.1, 0.15) is 36.8 Å². The molecule has 0 fully saturated rings. The van der Waals surface area contributed by atoms with E-state index in [4.69, 9.17) is 11.5 Å². The standard InChI is InChI=1S/C31H42N6O5S/c1-43-16-14-25(31(41)42)35-30(40)27(18-21-19-34-24-13-6-5-11-22(21)24)37-29(39)26(17-20-9-3-2-4-10-20)36-28(38)23(33)12-7-8-15-32/h2-6,9-11,13,19,23,25-27,34H,7-8,12,14-18,32-33H2,1H3,(H,35,40)(H,36,38)(H,37,39)(H,41,42). The molecule has 0 radical (unpaired) electrons. The Bertz CT molecular complexity index is 1350. The number of thioether (sulfide) groups is 1. The molecule has 9 N–H and O–H groups in total. The number of H-pyrrole nitrogens is 1. The van der Waals surface area contributed by atoms with E-state index in [0.717, 1.165) is 28.5 Å². The molecule has 1 aromatic heterocycles. The van der Waals surface area contributed by atoms with E-state index >= 15 is 0 Å². The zero-order valence-electron chi connectivity index (χ0n) is 24.4. The van der Waals surface area contributed by atoms with Crippen LogP contribution in [-0.4, -0.2) is 76.5 Å². The molecule has 0 aliphatic rings. The number of aliphatic carboxylic acids is 1. The number of rotatable bonds is 18. The fraction of sp³-hybridized carbons (Fsp3) is 0.419. The second kappa shape index (κ2) is 17.3. The van der Waals surface area contributed by atoms with E-state index in [9.17, 15) is 24.3 Å². The third-order valence-electron chi connectivity index (χ3n) is 7.18. The van der Waals surface area contributed by atoms with Crippen LogP contribution < -0.4 is 27.4 Å². The first kappa shape index (κ1) is 33.6. The molecule has 43 heavy (non-hydrogen) atoms. The molecule has 2 aromatic carbocycles. The third-order valence-corrected chi connectivity index (χ3v) is 7.82. The fourth-order valence-electron chi connectivity index (χ4n) is 4.74. The Morgan fingerprint density at radius 1 is 0.837 bits per heavy atom. The number of nitrogens with one attached hydrogen (secondary N) is 4. The van der Waals surface area contributed by atoms with E-state index in [1.807, 2.05) is 60.9 Å². The Kier molecular flexibility index (Phi) is 13.5. The first-order valence-corrected chi connectivity index (χ1v) is 15.8. The van der Waals surface area contributed by atoms with Crippen LogP contribution in [0.25, 0.3) is 10.9 Å². The molecule has 12 heteroatoms. The molecular formula is C31H42N6O5S. The van der Waals surface area contributed by atoms with Gasteiger partial charge in [-0.2, -0.15) is 11.8 Å². The summed E-state index contributed by atoms with van der Waals surface area (Å²) in [7, 11) is 0. The van der Waals surface area contributed by atoms with Crippen molar-refractivity contribution in [2.75, 3.05) is 18.6 Å². The van der Waals surface area contributed by atoms with Gasteiger partial charge in [-0.25, -0.2) is 4.79 Å². The van der Waals surface area contributed by atoms with Gasteiger partial charge in [0.2, 0.25) is 17.7 Å². The Labute approximate surface area is 255 Å². The molecule has 3 aromatic rings. The van der Waals surface area contributed by atoms with Gasteiger partial charge in [-0.15, -0.1) is 0 Å². The normalized spacial score (nSPS) is 13.9. The minimum absolute atomic E-state index is 0.0983. The second-order valence-corrected chi connectivity index (χ2v) is 11.4. The highest BCUT2D eigenvalue weighted by molar-refractivity contribution is 7.98. The molecule has 4 atom stereocenters. The van der Waals surface area contributed by atoms with Crippen LogP contribution >= 0.6 is 11.8 Å². The third kappa shape index (κ3) is 10.4. The lowest BCUT2D eigenvalue weighted by Gasteiger charge is -2.25. The number of fused-ring (bicyclic) bond motifs is 1. The Morgan fingerprint density at radius 2 is 1.47 bits per heavy atom. The van der Waals surface area contributed by atoms with E-state index in [0.29, 0.717) is 25.1 Å². The van der Waals surface area contributed by atoms with E-state index < -0.39 is 47.9 Å². The number of amides is 3. The number of aromatic nitrogens is 1. The van der Waals surface area contributed by atoms with Gasteiger partial charge in [0.15, 0.2) is 0 Å². The smallest absolute Gasteiger partial charge is 0.326 e. The van der Waals surface area contributed by atoms with Crippen molar-refractivity contribution in [3.63, 3.8) is 0 Å². The highest BCUT2D eigenvalue weighted by Gasteiger charge is 2.31. The summed E-state index contributed by atoms with van der Waals surface area (Å²) in [4.78, 5) is 55.4. The predicted molar refractivity (Wildman–Crippen MR) is 169 cm³/mol. The fourth-order valence-corrected chi connectivity index (χ4v) is 5.22. The van der Waals surface area contributed by atoms with Gasteiger partial charge in [0, 0.05) is 29.9 Å². The van der Waals surface area contributed by atoms with Crippen molar-refractivity contribution in [1.29, 1.82) is 0 Å². The lowest BCUT2D eigenvalue weighted by molar-refractivity contribution is -0.142. The minimum atomic E-state index is -1.16. The quantitative estimate of drug-likeness (QED) is 0.106. The number of unbranched alkanes of at least 4 members (excludes halogenated alkanes) is 1. The number of carboxylic acid groups (broad SMARTS) is 1. The lowest BCUT2D eigenvalue weighted by atomic mass is 10.0. The van der Waals surface area contributed by atoms with Gasteiger partial charge in [0.25, 0.3) is 0 Å². The van der Waals surface area contributed by atoms with E-state index in [1.54, 1.807) is 6.20 Å². The maximum absolute atomic E-state index is 13.8. The van der Waals surface area contributed by atoms with Crippen LogP contribution in [-0.2, 0) is 32.0 Å². The molecule has 0 aliphatic carbocycles. The SMILES string of the molecule is CSCCC(NC(=O)C(Cc1c[nH]c2ccccc12)NC(=O)C(Cc1ccccc1)NC(=O)C(N)CCCCN)C(=O)O. The van der Waals surface area contributed by atoms with Crippen LogP contribution in [0.4, 0.5) is 0 Å². The number of aromatic amines is 1. The summed E-state index contributed by atoms with van der Waals surface area (Å²) in [6.07, 6.45) is 5.94. The Morgan fingerprint density at radius 3 is 2.14 bits per heavy atom. The number of carboxylic acids is 1. The molecule has 0 saturated heterocycles. The molecule has 3 amide bonds. The minimum Gasteiger partial charge on any atom is -0.480 e. The largest absolute Gasteiger partial charge is 0.480 e. The van der Waals surface area contributed by atoms with Gasteiger partial charge >= 0.3 is 5.97 Å². The summed E-state index contributed by atoms with van der Waals surface area (Å²) in [6, 6.07) is 12.7. The zero-order chi connectivity index (χ0) is 31.2. The first-order chi connectivity index (χ1) is 20.7. The van der Waals surface area contributed by atoms with Crippen LogP contribution in [0, 0.1) is 0 Å². The number of para-hydroxylation sites is 1. The van der Waals surface area contributed by atoms with Crippen LogP contribution in [0.15, 0.2) is 60.8 Å². The van der Waals surface area contributed by atoms with Crippen LogP contribution in [0.3, 0.4) is 0 Å². The summed E-state index contributed by atoms with van der Waals surface area (Å²) in [5, 5.41) is 18.8. The molecule has 11 nitrogen and oxygen atoms in total. The molecule has 0 bridgehead atoms. The van der Waals surface area contributed by atoms with Gasteiger partial charge in [-0.1, -0.05) is 55.0 Å². The van der Waals surface area contributed by atoms with Crippen molar-refractivity contribution < 1.29 is 24.3 Å². The highest BCUT2D eigenvalue weighted by atomic mass is 32.2. The van der Waals surface area contributed by atoms with Gasteiger partial charge in [0.1, 0.15) is 18.1 Å². The van der Waals surface area contributed by atoms with Gasteiger partial charge in [-0.3, -0.25) is 14.4 Å². The average Bonchev–Trinajstić information content (AvgIpc) is 3.41. The van der Waals surface area contributed by atoms with Gasteiger partial charge in [-0.05, 0) is 55.0 Å². The maximum atomic E-state index is 13.8. The average molecular weight is 611 g/mol. The van der Waals surface area contributed by atoms with Crippen LogP contribution in [0.2, 0.25) is 0 Å². The summed E-state index contributed by atoms with van der Waals surface area (Å²) >= 11 is 1.47. The Hall–Kier alpha value is -3.87. The number of carbonyl (C=O) groups is 4. The van der Waals surface area contributed by atoms with Crippen molar-refractivity contribution in [2.24, 2.45) is 11.5 Å². The number of carbonyl (C=O) groups excluding carboxylic acids is 3. The highest BCUT2D eigenvalue weighted by Crippen LogP contribution is 2.19. The Balaban J connectivity index is 1.86. The van der Waals surface area contributed by atoms with Crippen LogP contribution in [0.5, 0.6) is 0 Å². The predicted octanol–water partition coefficient (Wildman–Crippen LogP) is 1.70. The molecule has 3 rings (SSSR count). The van der Waals surface area contributed by atoms with Crippen molar-refractivity contribution in [3.05, 3.63) is 71.9 Å². The summed E-state index contributed by atoms with van der Waals surface area (Å²) < 4.78 is 0. The van der Waals surface area contributed by atoms with E-state index in [-0.39, 0.29) is 19.3 Å². The van der Waals surface area contributed by atoms with Crippen molar-refractivity contribution >= 4 is 46.4 Å². The topological polar surface area (TPSA) is 192 Å². The molecule has 4 unspecified atom stereocenters.